The number of hydrogen-bond acceptors (Lipinski definition) is 7. The van der Waals surface area contributed by atoms with Crippen LogP contribution in [-0.2, 0) is 10.4 Å². The van der Waals surface area contributed by atoms with Crippen LogP contribution in [0.5, 0.6) is 6.01 Å². The van der Waals surface area contributed by atoms with E-state index >= 15 is 0 Å². The molecule has 0 aliphatic rings. The number of nitrogens with one attached hydrogen (secondary N) is 1. The number of H-pyrrole nitrogens is 1. The molecule has 0 amide bonds. The first kappa shape index (κ1) is 9.61. The van der Waals surface area contributed by atoms with Crippen molar-refractivity contribution in [3.05, 3.63) is 6.33 Å². The molecule has 80 valence electrons. The van der Waals surface area contributed by atoms with E-state index in [-0.39, 0.29) is 17.0 Å². The van der Waals surface area contributed by atoms with E-state index in [2.05, 4.69) is 24.1 Å². The number of aromatic nitrogens is 4. The van der Waals surface area contributed by atoms with Gasteiger partial charge in [-0.15, -0.1) is 0 Å². The van der Waals surface area contributed by atoms with Gasteiger partial charge in [0.05, 0.1) is 0 Å². The first-order valence-electron chi connectivity index (χ1n) is 3.59. The molecule has 2 aromatic heterocycles. The molecule has 0 saturated carbocycles. The molecule has 0 unspecified atom stereocenters. The summed E-state index contributed by atoms with van der Waals surface area (Å²) in [6.45, 7) is 0. The van der Waals surface area contributed by atoms with Gasteiger partial charge in [-0.1, -0.05) is 0 Å². The maximum absolute atomic E-state index is 10.4. The summed E-state index contributed by atoms with van der Waals surface area (Å²) in [6.07, 6.45) is 1.16. The zero-order chi connectivity index (χ0) is 11.1. The van der Waals surface area contributed by atoms with E-state index in [1.165, 1.54) is 0 Å². The first-order chi connectivity index (χ1) is 6.96. The van der Waals surface area contributed by atoms with Gasteiger partial charge < -0.3 is 14.9 Å². The smallest absolute Gasteiger partial charge is 0.382 e. The van der Waals surface area contributed by atoms with Crippen molar-refractivity contribution >= 4 is 27.4 Å². The average molecular weight is 231 g/mol. The Kier molecular flexibility index (Phi) is 1.94. The van der Waals surface area contributed by atoms with Crippen molar-refractivity contribution in [3.63, 3.8) is 0 Å². The van der Waals surface area contributed by atoms with Gasteiger partial charge >= 0.3 is 16.4 Å². The minimum atomic E-state index is -4.62. The Morgan fingerprint density at radius 2 is 2.20 bits per heavy atom. The van der Waals surface area contributed by atoms with Gasteiger partial charge in [0.15, 0.2) is 11.5 Å². The summed E-state index contributed by atoms with van der Waals surface area (Å²) in [4.78, 5) is 13.4. The van der Waals surface area contributed by atoms with Gasteiger partial charge in [-0.2, -0.15) is 13.4 Å². The molecule has 0 radical (unpaired) electrons. The molecule has 0 fully saturated rings. The number of aromatic amines is 1. The fourth-order valence-electron chi connectivity index (χ4n) is 0.964. The summed E-state index contributed by atoms with van der Waals surface area (Å²) < 4.78 is 33.2. The minimum Gasteiger partial charge on any atom is -0.382 e. The van der Waals surface area contributed by atoms with Crippen molar-refractivity contribution in [2.45, 2.75) is 0 Å². The minimum absolute atomic E-state index is 0.0951. The number of hydrogen-bond donors (Lipinski definition) is 3. The number of rotatable bonds is 2. The Hall–Kier alpha value is -1.94. The summed E-state index contributed by atoms with van der Waals surface area (Å²) in [7, 11) is -4.62. The highest BCUT2D eigenvalue weighted by Crippen LogP contribution is 2.17. The zero-order valence-corrected chi connectivity index (χ0v) is 7.89. The highest BCUT2D eigenvalue weighted by Gasteiger charge is 2.13. The molecule has 9 nitrogen and oxygen atoms in total. The van der Waals surface area contributed by atoms with Gasteiger partial charge in [-0.05, 0) is 0 Å². The van der Waals surface area contributed by atoms with Crippen LogP contribution in [0, 0.1) is 0 Å². The highest BCUT2D eigenvalue weighted by molar-refractivity contribution is 7.81. The molecule has 4 N–H and O–H groups in total. The average Bonchev–Trinajstić information content (AvgIpc) is 2.45. The van der Waals surface area contributed by atoms with Gasteiger partial charge in [0, 0.05) is 0 Å². The van der Waals surface area contributed by atoms with Crippen LogP contribution >= 0.6 is 0 Å². The van der Waals surface area contributed by atoms with Crippen LogP contribution in [0.2, 0.25) is 0 Å². The van der Waals surface area contributed by atoms with Gasteiger partial charge in [0.1, 0.15) is 11.8 Å². The van der Waals surface area contributed by atoms with Gasteiger partial charge in [-0.25, -0.2) is 9.97 Å². The topological polar surface area (TPSA) is 144 Å². The second kappa shape index (κ2) is 3.03. The van der Waals surface area contributed by atoms with Crippen LogP contribution in [0.15, 0.2) is 6.33 Å². The molecule has 2 aromatic rings. The van der Waals surface area contributed by atoms with Crippen LogP contribution in [0.4, 0.5) is 5.82 Å². The molecule has 0 atom stereocenters. The predicted molar refractivity (Wildman–Crippen MR) is 48.3 cm³/mol. The lowest BCUT2D eigenvalue weighted by atomic mass is 10.5. The van der Waals surface area contributed by atoms with E-state index in [0.717, 1.165) is 6.33 Å². The van der Waals surface area contributed by atoms with E-state index < -0.39 is 16.4 Å². The lowest BCUT2D eigenvalue weighted by Gasteiger charge is -1.93. The van der Waals surface area contributed by atoms with E-state index in [1.807, 2.05) is 0 Å². The number of nitrogen functional groups attached to an aromatic ring is 1. The fraction of sp³-hybridized carbons (Fsp3) is 0. The molecule has 10 heteroatoms. The lowest BCUT2D eigenvalue weighted by Crippen LogP contribution is -2.07. The summed E-state index contributed by atoms with van der Waals surface area (Å²) in [6, 6.07) is -0.431. The molecule has 0 aliphatic heterocycles. The van der Waals surface area contributed by atoms with E-state index in [9.17, 15) is 8.42 Å². The molecule has 0 aliphatic carbocycles. The Morgan fingerprint density at radius 3 is 2.80 bits per heavy atom. The second-order valence-electron chi connectivity index (χ2n) is 2.51. The zero-order valence-electron chi connectivity index (χ0n) is 7.08. The number of fused-ring (bicyclic) bond motifs is 1. The van der Waals surface area contributed by atoms with Gasteiger partial charge in [0.2, 0.25) is 0 Å². The molecular formula is C5H5N5O4S. The van der Waals surface area contributed by atoms with Crippen LogP contribution in [-0.4, -0.2) is 32.9 Å². The molecule has 0 aromatic carbocycles. The van der Waals surface area contributed by atoms with Gasteiger partial charge in [-0.3, -0.25) is 4.55 Å². The maximum atomic E-state index is 10.4. The Morgan fingerprint density at radius 1 is 1.47 bits per heavy atom. The van der Waals surface area contributed by atoms with Crippen molar-refractivity contribution in [3.8, 4) is 6.01 Å². The van der Waals surface area contributed by atoms with Crippen LogP contribution in [0.1, 0.15) is 0 Å². The summed E-state index contributed by atoms with van der Waals surface area (Å²) in [5, 5.41) is 0. The van der Waals surface area contributed by atoms with Crippen molar-refractivity contribution in [2.75, 3.05) is 5.73 Å². The largest absolute Gasteiger partial charge is 0.449 e. The Labute approximate surface area is 83.3 Å². The Balaban J connectivity index is 2.53. The summed E-state index contributed by atoms with van der Waals surface area (Å²) in [5.74, 6) is 0.0951. The predicted octanol–water partition coefficient (Wildman–Crippen LogP) is -0.883. The third-order valence-electron chi connectivity index (χ3n) is 1.48. The SMILES string of the molecule is Nc1ncnc2nc(OS(=O)(=O)O)[nH]c12. The van der Waals surface area contributed by atoms with Gasteiger partial charge in [0.25, 0.3) is 0 Å². The van der Waals surface area contributed by atoms with E-state index in [1.54, 1.807) is 0 Å². The standard InChI is InChI=1S/C5H5N5O4S/c6-3-2-4(8-1-7-3)10-5(9-2)14-15(11,12)13/h1H,(H,11,12,13)(H3,6,7,8,9,10). The third-order valence-corrected chi connectivity index (χ3v) is 1.85. The molecule has 0 bridgehead atoms. The second-order valence-corrected chi connectivity index (χ2v) is 3.53. The highest BCUT2D eigenvalue weighted by atomic mass is 32.3. The Bertz CT molecular complexity index is 605. The number of anilines is 1. The lowest BCUT2D eigenvalue weighted by molar-refractivity contribution is 0.376. The monoisotopic (exact) mass is 231 g/mol. The van der Waals surface area contributed by atoms with Crippen molar-refractivity contribution in [1.82, 2.24) is 19.9 Å². The molecule has 2 rings (SSSR count). The van der Waals surface area contributed by atoms with Crippen LogP contribution in [0.25, 0.3) is 11.2 Å². The fourth-order valence-corrected chi connectivity index (χ4v) is 1.24. The van der Waals surface area contributed by atoms with Crippen molar-refractivity contribution in [2.24, 2.45) is 0 Å². The first-order valence-corrected chi connectivity index (χ1v) is 4.95. The molecule has 15 heavy (non-hydrogen) atoms. The van der Waals surface area contributed by atoms with Crippen molar-refractivity contribution < 1.29 is 17.2 Å². The van der Waals surface area contributed by atoms with Crippen LogP contribution < -0.4 is 9.92 Å². The molecule has 0 saturated heterocycles. The number of nitrogens with two attached hydrogens (primary N) is 1. The molecule has 0 spiro atoms. The van der Waals surface area contributed by atoms with Crippen LogP contribution in [0.3, 0.4) is 0 Å². The molecule has 2 heterocycles. The quantitative estimate of drug-likeness (QED) is 0.565. The third kappa shape index (κ3) is 1.94. The number of imidazole rings is 1. The normalized spacial score (nSPS) is 11.8. The van der Waals surface area contributed by atoms with Crippen molar-refractivity contribution in [1.29, 1.82) is 0 Å². The number of nitrogens with zero attached hydrogens (tertiary/aromatic N) is 3. The summed E-state index contributed by atoms with van der Waals surface area (Å²) >= 11 is 0. The maximum Gasteiger partial charge on any atom is 0.449 e. The van der Waals surface area contributed by atoms with E-state index in [0.29, 0.717) is 0 Å². The summed E-state index contributed by atoms with van der Waals surface area (Å²) in [5.41, 5.74) is 5.82. The molecular weight excluding hydrogens is 226 g/mol. The van der Waals surface area contributed by atoms with E-state index in [4.69, 9.17) is 10.3 Å².